The lowest BCUT2D eigenvalue weighted by Gasteiger charge is -2.40. The van der Waals surface area contributed by atoms with Crippen LogP contribution in [0.4, 0.5) is 31.5 Å². The van der Waals surface area contributed by atoms with Gasteiger partial charge < -0.3 is 25.0 Å². The highest BCUT2D eigenvalue weighted by atomic mass is 32.2. The molecule has 0 bridgehead atoms. The van der Waals surface area contributed by atoms with Gasteiger partial charge in [-0.05, 0) is 54.5 Å². The Kier molecular flexibility index (Phi) is 11.4. The summed E-state index contributed by atoms with van der Waals surface area (Å²) in [5.41, 5.74) is 1.07. The Hall–Kier alpha value is -3.87. The number of alkyl halides is 6. The molecule has 1 saturated heterocycles. The number of sulfonamides is 1. The van der Waals surface area contributed by atoms with Crippen LogP contribution in [0.3, 0.4) is 0 Å². The van der Waals surface area contributed by atoms with Crippen LogP contribution in [0.5, 0.6) is 11.5 Å². The van der Waals surface area contributed by atoms with E-state index < -0.39 is 34.5 Å². The number of hydrogen-bond donors (Lipinski definition) is 2. The molecule has 1 aromatic heterocycles. The van der Waals surface area contributed by atoms with Crippen LogP contribution in [0.15, 0.2) is 59.5 Å². The standard InChI is InChI=1S/C29H31F6N5O5S2/c1-3-4-5-24-25(26(41)36-2)46-27(38-24)39-14-15-40(47(42,43)23-12-10-22(11-13-23)45-29(33,34)35)20(18-39)17-37-16-19-6-8-21(9-7-19)44-28(30,31)32/h4-13,20,37H,3,14-18H2,1-2H3,(H,36,41)/b5-4-. The van der Waals surface area contributed by atoms with E-state index in [0.29, 0.717) is 27.7 Å². The number of halogens is 6. The molecule has 1 aliphatic heterocycles. The normalized spacial score (nSPS) is 16.4. The van der Waals surface area contributed by atoms with Crippen molar-refractivity contribution >= 4 is 38.5 Å². The average molecular weight is 708 g/mol. The maximum Gasteiger partial charge on any atom is 0.573 e. The van der Waals surface area contributed by atoms with E-state index in [1.165, 1.54) is 23.5 Å². The molecular formula is C29H31F6N5O5S2. The zero-order chi connectivity index (χ0) is 34.4. The van der Waals surface area contributed by atoms with Crippen molar-refractivity contribution in [1.29, 1.82) is 0 Å². The van der Waals surface area contributed by atoms with Gasteiger partial charge in [0.2, 0.25) is 10.0 Å². The molecule has 2 N–H and O–H groups in total. The van der Waals surface area contributed by atoms with Gasteiger partial charge in [0.1, 0.15) is 16.4 Å². The van der Waals surface area contributed by atoms with Crippen LogP contribution in [0, 0.1) is 0 Å². The van der Waals surface area contributed by atoms with Crippen molar-refractivity contribution in [3.63, 3.8) is 0 Å². The number of amides is 1. The molecule has 1 atom stereocenters. The van der Waals surface area contributed by atoms with Gasteiger partial charge in [-0.2, -0.15) is 4.31 Å². The third kappa shape index (κ3) is 9.82. The summed E-state index contributed by atoms with van der Waals surface area (Å²) in [6.07, 6.45) is -5.47. The Morgan fingerprint density at radius 3 is 2.15 bits per heavy atom. The summed E-state index contributed by atoms with van der Waals surface area (Å²) >= 11 is 1.15. The molecule has 0 radical (unpaired) electrons. The van der Waals surface area contributed by atoms with E-state index in [0.717, 1.165) is 47.7 Å². The average Bonchev–Trinajstić information content (AvgIpc) is 3.43. The lowest BCUT2D eigenvalue weighted by Crippen LogP contribution is -2.58. The van der Waals surface area contributed by atoms with E-state index in [4.69, 9.17) is 0 Å². The van der Waals surface area contributed by atoms with Gasteiger partial charge >= 0.3 is 12.7 Å². The van der Waals surface area contributed by atoms with Gasteiger partial charge in [0.15, 0.2) is 5.13 Å². The number of aromatic nitrogens is 1. The summed E-state index contributed by atoms with van der Waals surface area (Å²) in [6.45, 7) is 2.50. The fourth-order valence-electron chi connectivity index (χ4n) is 4.71. The van der Waals surface area contributed by atoms with E-state index in [1.807, 2.05) is 17.9 Å². The van der Waals surface area contributed by atoms with Crippen molar-refractivity contribution in [2.24, 2.45) is 0 Å². The van der Waals surface area contributed by atoms with E-state index >= 15 is 0 Å². The first kappa shape index (κ1) is 36.0. The number of carbonyl (C=O) groups excluding carboxylic acids is 1. The van der Waals surface area contributed by atoms with Gasteiger partial charge in [-0.1, -0.05) is 36.5 Å². The van der Waals surface area contributed by atoms with Crippen LogP contribution in [0.1, 0.15) is 34.3 Å². The first-order chi connectivity index (χ1) is 22.1. The third-order valence-electron chi connectivity index (χ3n) is 6.82. The Morgan fingerprint density at radius 2 is 1.60 bits per heavy atom. The van der Waals surface area contributed by atoms with Crippen molar-refractivity contribution in [1.82, 2.24) is 19.9 Å². The second kappa shape index (κ2) is 14.9. The number of hydrogen-bond acceptors (Lipinski definition) is 9. The van der Waals surface area contributed by atoms with Crippen LogP contribution in [0.25, 0.3) is 6.08 Å². The molecule has 10 nitrogen and oxygen atoms in total. The number of anilines is 1. The number of nitrogens with zero attached hydrogens (tertiary/aromatic N) is 3. The van der Waals surface area contributed by atoms with Crippen LogP contribution >= 0.6 is 11.3 Å². The largest absolute Gasteiger partial charge is 0.573 e. The first-order valence-corrected chi connectivity index (χ1v) is 16.4. The molecule has 2 aromatic carbocycles. The number of benzene rings is 2. The van der Waals surface area contributed by atoms with Crippen molar-refractivity contribution < 1.29 is 49.0 Å². The summed E-state index contributed by atoms with van der Waals surface area (Å²) < 4.78 is 112. The van der Waals surface area contributed by atoms with Crippen LogP contribution in [-0.4, -0.2) is 75.6 Å². The number of rotatable bonds is 12. The highest BCUT2D eigenvalue weighted by Gasteiger charge is 2.38. The fourth-order valence-corrected chi connectivity index (χ4v) is 7.35. The topological polar surface area (TPSA) is 113 Å². The highest BCUT2D eigenvalue weighted by Crippen LogP contribution is 2.32. The molecule has 18 heteroatoms. The quantitative estimate of drug-likeness (QED) is 0.241. The van der Waals surface area contributed by atoms with Crippen molar-refractivity contribution in [2.45, 2.75) is 43.6 Å². The highest BCUT2D eigenvalue weighted by molar-refractivity contribution is 7.89. The number of thiazole rings is 1. The third-order valence-corrected chi connectivity index (χ3v) is 9.91. The first-order valence-electron chi connectivity index (χ1n) is 14.2. The number of piperazine rings is 1. The Morgan fingerprint density at radius 1 is 1.00 bits per heavy atom. The van der Waals surface area contributed by atoms with E-state index in [9.17, 15) is 39.6 Å². The number of allylic oxidation sites excluding steroid dienone is 1. The van der Waals surface area contributed by atoms with Crippen molar-refractivity contribution in [3.05, 3.63) is 70.7 Å². The maximum atomic E-state index is 13.8. The zero-order valence-corrected chi connectivity index (χ0v) is 26.7. The van der Waals surface area contributed by atoms with Gasteiger partial charge in [-0.3, -0.25) is 4.79 Å². The minimum Gasteiger partial charge on any atom is -0.406 e. The van der Waals surface area contributed by atoms with Gasteiger partial charge in [0, 0.05) is 39.8 Å². The van der Waals surface area contributed by atoms with Crippen LogP contribution < -0.4 is 25.0 Å². The Labute approximate surface area is 271 Å². The number of nitrogens with one attached hydrogen (secondary N) is 2. The van der Waals surface area contributed by atoms with Gasteiger partial charge in [0.05, 0.1) is 16.6 Å². The second-order valence-electron chi connectivity index (χ2n) is 10.2. The van der Waals surface area contributed by atoms with Crippen molar-refractivity contribution in [3.8, 4) is 11.5 Å². The summed E-state index contributed by atoms with van der Waals surface area (Å²) in [5, 5.41) is 6.22. The summed E-state index contributed by atoms with van der Waals surface area (Å²) in [6, 6.07) is 8.34. The molecule has 1 amide bonds. The molecule has 1 unspecified atom stereocenters. The monoisotopic (exact) mass is 707 g/mol. The molecule has 256 valence electrons. The molecule has 47 heavy (non-hydrogen) atoms. The maximum absolute atomic E-state index is 13.8. The fraction of sp³-hybridized carbons (Fsp3) is 0.379. The molecule has 1 fully saturated rings. The summed E-state index contributed by atoms with van der Waals surface area (Å²) in [7, 11) is -2.71. The molecule has 0 aliphatic carbocycles. The molecular weight excluding hydrogens is 676 g/mol. The summed E-state index contributed by atoms with van der Waals surface area (Å²) in [5.74, 6) is -1.29. The van der Waals surface area contributed by atoms with Gasteiger partial charge in [-0.25, -0.2) is 13.4 Å². The predicted octanol–water partition coefficient (Wildman–Crippen LogP) is 5.39. The SMILES string of the molecule is CC/C=C\c1nc(N2CCN(S(=O)(=O)c3ccc(OC(F)(F)F)cc3)C(CNCc3ccc(OC(F)(F)F)cc3)C2)sc1C(=O)NC. The lowest BCUT2D eigenvalue weighted by atomic mass is 10.2. The predicted molar refractivity (Wildman–Crippen MR) is 163 cm³/mol. The molecule has 2 heterocycles. The van der Waals surface area contributed by atoms with Gasteiger partial charge in [0.25, 0.3) is 5.91 Å². The number of ether oxygens (including phenoxy) is 2. The van der Waals surface area contributed by atoms with Crippen LogP contribution in [-0.2, 0) is 16.6 Å². The van der Waals surface area contributed by atoms with Gasteiger partial charge in [-0.15, -0.1) is 26.3 Å². The van der Waals surface area contributed by atoms with E-state index in [1.54, 1.807) is 6.08 Å². The molecule has 4 rings (SSSR count). The molecule has 0 spiro atoms. The van der Waals surface area contributed by atoms with E-state index in [2.05, 4.69) is 25.1 Å². The molecule has 1 aliphatic rings. The lowest BCUT2D eigenvalue weighted by molar-refractivity contribution is -0.275. The Bertz CT molecular complexity index is 1650. The minimum absolute atomic E-state index is 0.0199. The van der Waals surface area contributed by atoms with Crippen LogP contribution in [0.2, 0.25) is 0 Å². The molecule has 0 saturated carbocycles. The Balaban J connectivity index is 1.57. The summed E-state index contributed by atoms with van der Waals surface area (Å²) in [4.78, 5) is 19.2. The second-order valence-corrected chi connectivity index (χ2v) is 13.0. The number of carbonyl (C=O) groups is 1. The minimum atomic E-state index is -4.95. The molecule has 3 aromatic rings. The smallest absolute Gasteiger partial charge is 0.406 e. The van der Waals surface area contributed by atoms with Crippen molar-refractivity contribution in [2.75, 3.05) is 38.1 Å². The van der Waals surface area contributed by atoms with E-state index in [-0.39, 0.29) is 49.3 Å². The zero-order valence-electron chi connectivity index (χ0n) is 25.1.